The summed E-state index contributed by atoms with van der Waals surface area (Å²) in [4.78, 5) is 38.4. The van der Waals surface area contributed by atoms with Crippen LogP contribution in [0.15, 0.2) is 134 Å². The van der Waals surface area contributed by atoms with E-state index in [1.807, 2.05) is 0 Å². The number of unbranched alkanes of at least 4 members (excludes halogenated alkanes) is 27. The highest BCUT2D eigenvalue weighted by Gasteiger charge is 2.19. The maximum Gasteiger partial charge on any atom is 0.306 e. The Balaban J connectivity index is 4.43. The van der Waals surface area contributed by atoms with Crippen molar-refractivity contribution in [3.8, 4) is 0 Å². The van der Waals surface area contributed by atoms with E-state index in [9.17, 15) is 14.4 Å². The number of hydrogen-bond acceptors (Lipinski definition) is 6. The van der Waals surface area contributed by atoms with Crippen LogP contribution in [-0.2, 0) is 28.6 Å². The fourth-order valence-electron chi connectivity index (χ4n) is 9.18. The van der Waals surface area contributed by atoms with E-state index >= 15 is 0 Å². The topological polar surface area (TPSA) is 78.9 Å². The van der Waals surface area contributed by atoms with Crippen molar-refractivity contribution in [2.75, 3.05) is 13.2 Å². The minimum Gasteiger partial charge on any atom is -0.462 e. The zero-order valence-corrected chi connectivity index (χ0v) is 52.8. The van der Waals surface area contributed by atoms with Gasteiger partial charge in [-0.25, -0.2) is 0 Å². The Morgan fingerprint density at radius 1 is 0.259 bits per heavy atom. The van der Waals surface area contributed by atoms with Crippen LogP contribution in [0.3, 0.4) is 0 Å². The van der Waals surface area contributed by atoms with Crippen LogP contribution in [0, 0.1) is 0 Å². The molecule has 0 bridgehead atoms. The molecule has 0 heterocycles. The van der Waals surface area contributed by atoms with Crippen molar-refractivity contribution in [2.24, 2.45) is 0 Å². The lowest BCUT2D eigenvalue weighted by Crippen LogP contribution is -2.30. The SMILES string of the molecule is CC/C=C\C/C=C\C/C=C\C/C=C\C/C=C\C/C=C\C/C=C\CCCCCCCC(=O)OCC(COC(=O)CCCC/C=C\C/C=C\C/C=C\C/C=C\CC)OC(=O)CCCCCCCCCCCCCCCCCCCCCCC. The summed E-state index contributed by atoms with van der Waals surface area (Å²) in [6.45, 7) is 6.39. The monoisotopic (exact) mass is 1120 g/mol. The predicted octanol–water partition coefficient (Wildman–Crippen LogP) is 23.3. The summed E-state index contributed by atoms with van der Waals surface area (Å²) in [5, 5.41) is 0. The molecule has 81 heavy (non-hydrogen) atoms. The molecule has 0 aliphatic carbocycles. The molecule has 0 aliphatic rings. The maximum absolute atomic E-state index is 12.9. The van der Waals surface area contributed by atoms with Crippen molar-refractivity contribution in [3.63, 3.8) is 0 Å². The zero-order valence-electron chi connectivity index (χ0n) is 52.8. The minimum atomic E-state index is -0.808. The summed E-state index contributed by atoms with van der Waals surface area (Å²) in [5.41, 5.74) is 0. The second kappa shape index (κ2) is 68.1. The largest absolute Gasteiger partial charge is 0.462 e. The van der Waals surface area contributed by atoms with Crippen molar-refractivity contribution >= 4 is 17.9 Å². The summed E-state index contributed by atoms with van der Waals surface area (Å²) >= 11 is 0. The molecule has 0 N–H and O–H groups in total. The fourth-order valence-corrected chi connectivity index (χ4v) is 9.18. The molecule has 0 saturated heterocycles. The van der Waals surface area contributed by atoms with E-state index in [-0.39, 0.29) is 31.1 Å². The Hall–Kier alpha value is -4.45. The van der Waals surface area contributed by atoms with Crippen LogP contribution in [-0.4, -0.2) is 37.2 Å². The number of rotatable bonds is 60. The molecule has 1 unspecified atom stereocenters. The van der Waals surface area contributed by atoms with Crippen LogP contribution in [0.5, 0.6) is 0 Å². The van der Waals surface area contributed by atoms with Gasteiger partial charge < -0.3 is 14.2 Å². The van der Waals surface area contributed by atoms with Crippen LogP contribution in [0.1, 0.15) is 303 Å². The van der Waals surface area contributed by atoms with Crippen LogP contribution in [0.4, 0.5) is 0 Å². The van der Waals surface area contributed by atoms with Crippen molar-refractivity contribution in [1.29, 1.82) is 0 Å². The van der Waals surface area contributed by atoms with E-state index in [2.05, 4.69) is 154 Å². The van der Waals surface area contributed by atoms with Crippen molar-refractivity contribution in [3.05, 3.63) is 134 Å². The van der Waals surface area contributed by atoms with E-state index in [0.717, 1.165) is 148 Å². The average molecular weight is 1120 g/mol. The van der Waals surface area contributed by atoms with Crippen LogP contribution in [0.25, 0.3) is 0 Å². The Labute approximate surface area is 500 Å². The molecule has 0 aromatic rings. The Bertz CT molecular complexity index is 1720. The normalized spacial score (nSPS) is 13.0. The van der Waals surface area contributed by atoms with Crippen LogP contribution < -0.4 is 0 Å². The first kappa shape index (κ1) is 76.5. The van der Waals surface area contributed by atoms with Gasteiger partial charge in [-0.1, -0.05) is 302 Å². The highest BCUT2D eigenvalue weighted by molar-refractivity contribution is 5.71. The molecule has 6 nitrogen and oxygen atoms in total. The molecular formula is C75H124O6. The van der Waals surface area contributed by atoms with Crippen molar-refractivity contribution in [2.45, 2.75) is 309 Å². The first-order valence-electron chi connectivity index (χ1n) is 33.7. The third-order valence-electron chi connectivity index (χ3n) is 14.2. The van der Waals surface area contributed by atoms with Gasteiger partial charge in [0.05, 0.1) is 0 Å². The second-order valence-electron chi connectivity index (χ2n) is 22.0. The smallest absolute Gasteiger partial charge is 0.306 e. The molecule has 0 aromatic carbocycles. The minimum absolute atomic E-state index is 0.103. The predicted molar refractivity (Wildman–Crippen MR) is 353 cm³/mol. The van der Waals surface area contributed by atoms with Gasteiger partial charge in [-0.2, -0.15) is 0 Å². The third kappa shape index (κ3) is 66.2. The van der Waals surface area contributed by atoms with Crippen LogP contribution >= 0.6 is 0 Å². The number of carbonyl (C=O) groups is 3. The number of hydrogen-bond donors (Lipinski definition) is 0. The van der Waals surface area contributed by atoms with E-state index in [4.69, 9.17) is 14.2 Å². The first-order valence-corrected chi connectivity index (χ1v) is 33.7. The highest BCUT2D eigenvalue weighted by atomic mass is 16.6. The first-order chi connectivity index (χ1) is 40.0. The van der Waals surface area contributed by atoms with Gasteiger partial charge in [0.15, 0.2) is 6.10 Å². The average Bonchev–Trinajstić information content (AvgIpc) is 3.47. The molecule has 1 atom stereocenters. The molecule has 0 saturated carbocycles. The summed E-state index contributed by atoms with van der Waals surface area (Å²) in [7, 11) is 0. The molecule has 460 valence electrons. The number of carbonyl (C=O) groups excluding carboxylic acids is 3. The number of allylic oxidation sites excluding steroid dienone is 22. The van der Waals surface area contributed by atoms with Gasteiger partial charge in [0.2, 0.25) is 0 Å². The summed E-state index contributed by atoms with van der Waals surface area (Å²) < 4.78 is 16.9. The van der Waals surface area contributed by atoms with E-state index in [1.165, 1.54) is 116 Å². The standard InChI is InChI=1S/C75H124O6/c1-4-7-10-13-16-19-22-25-28-30-32-34-35-36-37-38-39-41-42-44-47-50-53-56-59-62-65-68-74(77)80-71-72(70-79-73(76)67-64-61-58-55-52-49-46-27-24-21-18-15-12-9-6-3)81-75(78)69-66-63-60-57-54-51-48-45-43-40-33-31-29-26-23-20-17-14-11-8-5-2/h7,9-10,12,16,18-19,21,25,27-28,32,34,36-37,39,41,44,46-47,52,55,72H,4-6,8,11,13-15,17,20,22-24,26,29-31,33,35,38,40,42-43,45,48-51,53-54,56-71H2,1-3H3/b10-7-,12-9-,19-16-,21-18-,28-25-,34-32-,37-36-,41-39-,46-27-,47-44-,55-52-. The summed E-state index contributed by atoms with van der Waals surface area (Å²) in [6.07, 6.45) is 96.1. The summed E-state index contributed by atoms with van der Waals surface area (Å²) in [5.74, 6) is -0.955. The van der Waals surface area contributed by atoms with E-state index in [0.29, 0.717) is 19.3 Å². The Kier molecular flexibility index (Phi) is 64.3. The lowest BCUT2D eigenvalue weighted by Gasteiger charge is -2.18. The molecule has 0 rings (SSSR count). The van der Waals surface area contributed by atoms with E-state index in [1.54, 1.807) is 0 Å². The second-order valence-corrected chi connectivity index (χ2v) is 22.0. The van der Waals surface area contributed by atoms with Gasteiger partial charge >= 0.3 is 17.9 Å². The molecule has 0 radical (unpaired) electrons. The van der Waals surface area contributed by atoms with Gasteiger partial charge in [0, 0.05) is 19.3 Å². The molecule has 6 heteroatoms. The number of ether oxygens (including phenoxy) is 3. The van der Waals surface area contributed by atoms with Gasteiger partial charge in [-0.05, 0) is 116 Å². The van der Waals surface area contributed by atoms with Crippen molar-refractivity contribution in [1.82, 2.24) is 0 Å². The van der Waals surface area contributed by atoms with E-state index < -0.39 is 6.10 Å². The number of esters is 3. The molecule has 0 amide bonds. The molecule has 0 aliphatic heterocycles. The van der Waals surface area contributed by atoms with Gasteiger partial charge in [-0.15, -0.1) is 0 Å². The lowest BCUT2D eigenvalue weighted by molar-refractivity contribution is -0.167. The summed E-state index contributed by atoms with van der Waals surface area (Å²) in [6, 6.07) is 0. The molecule has 0 aromatic heterocycles. The Morgan fingerprint density at radius 3 is 0.778 bits per heavy atom. The molecular weight excluding hydrogens is 997 g/mol. The van der Waals surface area contributed by atoms with Gasteiger partial charge in [0.25, 0.3) is 0 Å². The van der Waals surface area contributed by atoms with Gasteiger partial charge in [-0.3, -0.25) is 14.4 Å². The third-order valence-corrected chi connectivity index (χ3v) is 14.2. The maximum atomic E-state index is 12.9. The zero-order chi connectivity index (χ0) is 58.5. The lowest BCUT2D eigenvalue weighted by atomic mass is 10.0. The van der Waals surface area contributed by atoms with Gasteiger partial charge in [0.1, 0.15) is 13.2 Å². The highest BCUT2D eigenvalue weighted by Crippen LogP contribution is 2.17. The Morgan fingerprint density at radius 2 is 0.481 bits per heavy atom. The molecule has 0 spiro atoms. The van der Waals surface area contributed by atoms with Crippen LogP contribution in [0.2, 0.25) is 0 Å². The fraction of sp³-hybridized carbons (Fsp3) is 0.667. The van der Waals surface area contributed by atoms with Crippen molar-refractivity contribution < 1.29 is 28.6 Å². The quantitative estimate of drug-likeness (QED) is 0.0261. The molecule has 0 fully saturated rings.